The molecule has 0 saturated heterocycles. The number of rotatable bonds is 4. The van der Waals surface area contributed by atoms with Crippen LogP contribution in [0.5, 0.6) is 5.75 Å². The second-order valence-corrected chi connectivity index (χ2v) is 13.7. The second-order valence-electron chi connectivity index (χ2n) is 13.7. The number of nitrogens with zero attached hydrogens (tertiary/aromatic N) is 2. The smallest absolute Gasteiger partial charge is 0.161 e. The summed E-state index contributed by atoms with van der Waals surface area (Å²) < 4.78 is 7.15. The third-order valence-corrected chi connectivity index (χ3v) is 11.0. The predicted molar refractivity (Wildman–Crippen MR) is 206 cm³/mol. The van der Waals surface area contributed by atoms with Crippen LogP contribution in [0.2, 0.25) is 0 Å². The molecule has 1 aromatic heterocycles. The molecular formula is C48H34N2O. The lowest BCUT2D eigenvalue weighted by Gasteiger charge is -2.48. The summed E-state index contributed by atoms with van der Waals surface area (Å²) in [6, 6.07) is 55.9. The molecule has 242 valence electrons. The molecule has 10 rings (SSSR count). The maximum atomic E-state index is 7.15. The standard InChI is InChI=1S/C48H34N2O/c1-31-16-14-29-44-45(31)48(39-26-12-10-22-35(39)36-23-11-13-27-40(36)48)41-28-15-25-37(46(41)51-44)34-21-8-9-24-38(34)47-49-42(32-17-4-2-5-18-32)30-43(50-47)33-19-6-3-7-20-33/h2-31,45H,1H3. The fourth-order valence-electron chi connectivity index (χ4n) is 8.85. The van der Waals surface area contributed by atoms with Gasteiger partial charge < -0.3 is 4.74 Å². The first kappa shape index (κ1) is 29.6. The van der Waals surface area contributed by atoms with Crippen molar-refractivity contribution in [1.29, 1.82) is 0 Å². The first-order valence-corrected chi connectivity index (χ1v) is 17.7. The molecule has 0 fully saturated rings. The van der Waals surface area contributed by atoms with Crippen LogP contribution in [0.3, 0.4) is 0 Å². The molecule has 51 heavy (non-hydrogen) atoms. The summed E-state index contributed by atoms with van der Waals surface area (Å²) in [6.45, 7) is 2.33. The minimum absolute atomic E-state index is 0.101. The van der Waals surface area contributed by atoms with Crippen molar-refractivity contribution in [3.63, 3.8) is 0 Å². The van der Waals surface area contributed by atoms with Gasteiger partial charge in [-0.1, -0.05) is 171 Å². The van der Waals surface area contributed by atoms with Crippen molar-refractivity contribution in [3.8, 4) is 61.9 Å². The Balaban J connectivity index is 1.23. The van der Waals surface area contributed by atoms with Crippen LogP contribution in [0.1, 0.15) is 23.6 Å². The number of hydrogen-bond donors (Lipinski definition) is 0. The average Bonchev–Trinajstić information content (AvgIpc) is 3.48. The Morgan fingerprint density at radius 3 is 1.65 bits per heavy atom. The van der Waals surface area contributed by atoms with E-state index in [2.05, 4.69) is 171 Å². The van der Waals surface area contributed by atoms with Crippen molar-refractivity contribution < 1.29 is 4.74 Å². The van der Waals surface area contributed by atoms with Crippen LogP contribution in [0.15, 0.2) is 182 Å². The molecule has 6 aromatic carbocycles. The monoisotopic (exact) mass is 654 g/mol. The van der Waals surface area contributed by atoms with E-state index in [9.17, 15) is 0 Å². The Morgan fingerprint density at radius 2 is 1.02 bits per heavy atom. The fraction of sp³-hybridized carbons (Fsp3) is 0.0833. The van der Waals surface area contributed by atoms with Gasteiger partial charge in [-0.25, -0.2) is 9.97 Å². The molecule has 2 unspecified atom stereocenters. The third-order valence-electron chi connectivity index (χ3n) is 11.0. The van der Waals surface area contributed by atoms with Gasteiger partial charge in [-0.15, -0.1) is 0 Å². The molecule has 3 nitrogen and oxygen atoms in total. The van der Waals surface area contributed by atoms with E-state index in [1.165, 1.54) is 27.8 Å². The Morgan fingerprint density at radius 1 is 0.510 bits per heavy atom. The van der Waals surface area contributed by atoms with Gasteiger partial charge in [0, 0.05) is 33.7 Å². The summed E-state index contributed by atoms with van der Waals surface area (Å²) in [5, 5.41) is 0. The molecule has 2 aliphatic carbocycles. The topological polar surface area (TPSA) is 35.0 Å². The van der Waals surface area contributed by atoms with E-state index >= 15 is 0 Å². The predicted octanol–water partition coefficient (Wildman–Crippen LogP) is 11.6. The lowest BCUT2D eigenvalue weighted by molar-refractivity contribution is 0.217. The Kier molecular flexibility index (Phi) is 6.75. The summed E-state index contributed by atoms with van der Waals surface area (Å²) in [7, 11) is 0. The van der Waals surface area contributed by atoms with E-state index in [0.717, 1.165) is 50.7 Å². The molecule has 0 amide bonds. The van der Waals surface area contributed by atoms with E-state index in [0.29, 0.717) is 5.82 Å². The van der Waals surface area contributed by atoms with Crippen LogP contribution in [-0.2, 0) is 5.41 Å². The highest BCUT2D eigenvalue weighted by Crippen LogP contribution is 2.64. The molecule has 1 aliphatic heterocycles. The lowest BCUT2D eigenvalue weighted by atomic mass is 9.57. The van der Waals surface area contributed by atoms with Crippen molar-refractivity contribution in [2.24, 2.45) is 11.8 Å². The van der Waals surface area contributed by atoms with E-state index in [-0.39, 0.29) is 11.8 Å². The second kappa shape index (κ2) is 11.6. The maximum Gasteiger partial charge on any atom is 0.161 e. The summed E-state index contributed by atoms with van der Waals surface area (Å²) in [5.74, 6) is 2.94. The van der Waals surface area contributed by atoms with Crippen molar-refractivity contribution in [2.75, 3.05) is 0 Å². The highest BCUT2D eigenvalue weighted by Gasteiger charge is 2.57. The number of benzene rings is 6. The van der Waals surface area contributed by atoms with Gasteiger partial charge in [0.1, 0.15) is 11.5 Å². The Bertz CT molecular complexity index is 2430. The number of allylic oxidation sites excluding steroid dienone is 4. The van der Waals surface area contributed by atoms with Crippen molar-refractivity contribution in [3.05, 3.63) is 198 Å². The zero-order chi connectivity index (χ0) is 33.9. The molecular weight excluding hydrogens is 621 g/mol. The van der Waals surface area contributed by atoms with Crippen LogP contribution >= 0.6 is 0 Å². The van der Waals surface area contributed by atoms with Crippen LogP contribution in [0.25, 0.3) is 56.2 Å². The summed E-state index contributed by atoms with van der Waals surface area (Å²) in [6.07, 6.45) is 6.67. The summed E-state index contributed by atoms with van der Waals surface area (Å²) in [4.78, 5) is 10.5. The molecule has 0 bridgehead atoms. The first-order valence-electron chi connectivity index (χ1n) is 17.7. The van der Waals surface area contributed by atoms with E-state index in [1.807, 2.05) is 12.1 Å². The Labute approximate surface area is 298 Å². The van der Waals surface area contributed by atoms with Crippen molar-refractivity contribution in [2.45, 2.75) is 12.3 Å². The SMILES string of the molecule is CC1C=CC=C2Oc3c(-c4ccccc4-c4nc(-c5ccccc5)cc(-c5ccccc5)n4)cccc3C3(c4ccccc4-c4ccccc43)C21. The summed E-state index contributed by atoms with van der Waals surface area (Å²) >= 11 is 0. The molecule has 0 N–H and O–H groups in total. The van der Waals surface area contributed by atoms with Gasteiger partial charge in [-0.2, -0.15) is 0 Å². The van der Waals surface area contributed by atoms with Crippen molar-refractivity contribution in [1.82, 2.24) is 9.97 Å². The van der Waals surface area contributed by atoms with E-state index in [4.69, 9.17) is 14.7 Å². The molecule has 7 aromatic rings. The third kappa shape index (κ3) is 4.44. The van der Waals surface area contributed by atoms with Crippen LogP contribution in [0.4, 0.5) is 0 Å². The van der Waals surface area contributed by atoms with Gasteiger partial charge in [-0.3, -0.25) is 0 Å². The zero-order valence-corrected chi connectivity index (χ0v) is 28.2. The largest absolute Gasteiger partial charge is 0.460 e. The Hall–Kier alpha value is -6.32. The van der Waals surface area contributed by atoms with Crippen LogP contribution in [-0.4, -0.2) is 9.97 Å². The number of hydrogen-bond acceptors (Lipinski definition) is 3. The molecule has 1 spiro atoms. The first-order chi connectivity index (χ1) is 25.2. The molecule has 3 aliphatic rings. The number of para-hydroxylation sites is 1. The lowest BCUT2D eigenvalue weighted by Crippen LogP contribution is -2.45. The quantitative estimate of drug-likeness (QED) is 0.189. The minimum Gasteiger partial charge on any atom is -0.460 e. The number of ether oxygens (including phenoxy) is 1. The highest BCUT2D eigenvalue weighted by atomic mass is 16.5. The molecule has 2 atom stereocenters. The maximum absolute atomic E-state index is 7.15. The normalized spacial score (nSPS) is 17.5. The number of fused-ring (bicyclic) bond motifs is 9. The summed E-state index contributed by atoms with van der Waals surface area (Å²) in [5.41, 5.74) is 12.9. The minimum atomic E-state index is -0.425. The van der Waals surface area contributed by atoms with Crippen molar-refractivity contribution >= 4 is 0 Å². The van der Waals surface area contributed by atoms with E-state index in [1.54, 1.807) is 0 Å². The molecule has 0 radical (unpaired) electrons. The number of aromatic nitrogens is 2. The van der Waals surface area contributed by atoms with Crippen LogP contribution < -0.4 is 4.74 Å². The van der Waals surface area contributed by atoms with Crippen LogP contribution in [0, 0.1) is 11.8 Å². The van der Waals surface area contributed by atoms with Gasteiger partial charge in [0.05, 0.1) is 16.8 Å². The van der Waals surface area contributed by atoms with Gasteiger partial charge in [0.2, 0.25) is 0 Å². The van der Waals surface area contributed by atoms with Gasteiger partial charge >= 0.3 is 0 Å². The molecule has 2 heterocycles. The fourth-order valence-corrected chi connectivity index (χ4v) is 8.85. The molecule has 3 heteroatoms. The zero-order valence-electron chi connectivity index (χ0n) is 28.2. The average molecular weight is 655 g/mol. The van der Waals surface area contributed by atoms with Gasteiger partial charge in [0.25, 0.3) is 0 Å². The van der Waals surface area contributed by atoms with Gasteiger partial charge in [-0.05, 0) is 45.9 Å². The van der Waals surface area contributed by atoms with Gasteiger partial charge in [0.15, 0.2) is 5.82 Å². The van der Waals surface area contributed by atoms with E-state index < -0.39 is 5.41 Å². The molecule has 0 saturated carbocycles. The highest BCUT2D eigenvalue weighted by molar-refractivity contribution is 5.90.